The lowest BCUT2D eigenvalue weighted by molar-refractivity contribution is -0.139. The summed E-state index contributed by atoms with van der Waals surface area (Å²) in [4.78, 5) is 25.3. The van der Waals surface area contributed by atoms with Gasteiger partial charge < -0.3 is 14.2 Å². The van der Waals surface area contributed by atoms with E-state index < -0.39 is 36.4 Å². The summed E-state index contributed by atoms with van der Waals surface area (Å²) in [5.41, 5.74) is -2.07. The largest absolute Gasteiger partial charge is 0.435 e. The van der Waals surface area contributed by atoms with E-state index in [1.54, 1.807) is 0 Å². The first-order chi connectivity index (χ1) is 12.6. The van der Waals surface area contributed by atoms with Crippen LogP contribution in [0.4, 0.5) is 22.0 Å². The van der Waals surface area contributed by atoms with Gasteiger partial charge in [0.25, 0.3) is 5.56 Å². The van der Waals surface area contributed by atoms with Crippen LogP contribution in [0.15, 0.2) is 47.4 Å². The Morgan fingerprint density at radius 1 is 1.19 bits per heavy atom. The Morgan fingerprint density at radius 3 is 2.37 bits per heavy atom. The van der Waals surface area contributed by atoms with Crippen LogP contribution in [0.5, 0.6) is 5.75 Å². The molecule has 0 bridgehead atoms. The van der Waals surface area contributed by atoms with Crippen LogP contribution in [0.2, 0.25) is 0 Å². The highest BCUT2D eigenvalue weighted by molar-refractivity contribution is 5.75. The first-order valence-corrected chi connectivity index (χ1v) is 7.62. The Balaban J connectivity index is 2.05. The molecule has 0 aliphatic rings. The molecule has 0 saturated heterocycles. The number of hydrogen-bond donors (Lipinski definition) is 0. The lowest BCUT2D eigenvalue weighted by Crippen LogP contribution is -2.35. The zero-order chi connectivity index (χ0) is 20.2. The van der Waals surface area contributed by atoms with Gasteiger partial charge in [-0.1, -0.05) is 12.1 Å². The van der Waals surface area contributed by atoms with Crippen molar-refractivity contribution in [3.63, 3.8) is 0 Å². The van der Waals surface area contributed by atoms with Gasteiger partial charge in [-0.15, -0.1) is 0 Å². The lowest BCUT2D eigenvalue weighted by Gasteiger charge is -2.18. The minimum Gasteiger partial charge on any atom is -0.435 e. The Labute approximate surface area is 150 Å². The fourth-order valence-electron chi connectivity index (χ4n) is 2.28. The molecule has 1 aromatic heterocycles. The highest BCUT2D eigenvalue weighted by Gasteiger charge is 2.34. The number of alkyl halides is 5. The number of hydrogen-bond acceptors (Lipinski definition) is 3. The molecule has 1 amide bonds. The molecule has 0 N–H and O–H groups in total. The fourth-order valence-corrected chi connectivity index (χ4v) is 2.28. The van der Waals surface area contributed by atoms with E-state index in [9.17, 15) is 31.5 Å². The van der Waals surface area contributed by atoms with E-state index >= 15 is 0 Å². The summed E-state index contributed by atoms with van der Waals surface area (Å²) in [6, 6.07) is 7.24. The monoisotopic (exact) mass is 390 g/mol. The number of carbonyl (C=O) groups excluding carboxylic acids is 1. The van der Waals surface area contributed by atoms with E-state index in [1.165, 1.54) is 36.2 Å². The average Bonchev–Trinajstić information content (AvgIpc) is 2.56. The molecule has 5 nitrogen and oxygen atoms in total. The predicted molar refractivity (Wildman–Crippen MR) is 85.3 cm³/mol. The number of amides is 1. The number of ether oxygens (including phenoxy) is 1. The molecule has 10 heteroatoms. The van der Waals surface area contributed by atoms with E-state index in [2.05, 4.69) is 4.74 Å². The van der Waals surface area contributed by atoms with Crippen molar-refractivity contribution < 1.29 is 31.5 Å². The summed E-state index contributed by atoms with van der Waals surface area (Å²) in [5, 5.41) is 0. The quantitative estimate of drug-likeness (QED) is 0.713. The summed E-state index contributed by atoms with van der Waals surface area (Å²) >= 11 is 0. The van der Waals surface area contributed by atoms with Crippen molar-refractivity contribution >= 4 is 5.91 Å². The molecule has 0 aliphatic heterocycles. The molecule has 2 aromatic rings. The highest BCUT2D eigenvalue weighted by Crippen LogP contribution is 2.26. The number of halogens is 5. The third-order valence-electron chi connectivity index (χ3n) is 3.63. The van der Waals surface area contributed by atoms with Gasteiger partial charge in [0.2, 0.25) is 5.91 Å². The molecule has 0 saturated carbocycles. The standard InChI is InChI=1S/C17H15F5N2O3/c1-23(9-11-4-6-12(7-5-11)27-16(18)19)14(25)10-24-8-2-3-13(15(24)26)17(20,21)22/h2-8,16H,9-10H2,1H3. The van der Waals surface area contributed by atoms with E-state index in [4.69, 9.17) is 0 Å². The molecule has 146 valence electrons. The Morgan fingerprint density at radius 2 is 1.81 bits per heavy atom. The van der Waals surface area contributed by atoms with Crippen molar-refractivity contribution in [1.82, 2.24) is 9.47 Å². The van der Waals surface area contributed by atoms with Crippen LogP contribution < -0.4 is 10.3 Å². The van der Waals surface area contributed by atoms with Crippen LogP contribution in [0.1, 0.15) is 11.1 Å². The molecule has 2 rings (SSSR count). The first-order valence-electron chi connectivity index (χ1n) is 7.62. The Bertz CT molecular complexity index is 847. The van der Waals surface area contributed by atoms with Crippen LogP contribution in [0.3, 0.4) is 0 Å². The number of pyridine rings is 1. The van der Waals surface area contributed by atoms with Gasteiger partial charge in [0, 0.05) is 19.8 Å². The molecule has 27 heavy (non-hydrogen) atoms. The first kappa shape index (κ1) is 20.4. The minimum absolute atomic E-state index is 0.0433. The van der Waals surface area contributed by atoms with E-state index in [-0.39, 0.29) is 12.3 Å². The molecule has 1 aromatic carbocycles. The zero-order valence-electron chi connectivity index (χ0n) is 14.0. The summed E-state index contributed by atoms with van der Waals surface area (Å²) in [7, 11) is 1.41. The topological polar surface area (TPSA) is 51.5 Å². The Hall–Kier alpha value is -2.91. The van der Waals surface area contributed by atoms with Crippen molar-refractivity contribution in [2.24, 2.45) is 0 Å². The van der Waals surface area contributed by atoms with Gasteiger partial charge in [0.1, 0.15) is 17.9 Å². The third kappa shape index (κ3) is 5.53. The number of benzene rings is 1. The highest BCUT2D eigenvalue weighted by atomic mass is 19.4. The van der Waals surface area contributed by atoms with Crippen molar-refractivity contribution in [3.05, 3.63) is 64.1 Å². The molecular weight excluding hydrogens is 375 g/mol. The molecule has 0 fully saturated rings. The molecule has 0 spiro atoms. The van der Waals surface area contributed by atoms with Crippen molar-refractivity contribution in [2.45, 2.75) is 25.9 Å². The van der Waals surface area contributed by atoms with Crippen molar-refractivity contribution in [1.29, 1.82) is 0 Å². The minimum atomic E-state index is -4.81. The van der Waals surface area contributed by atoms with Crippen molar-refractivity contribution in [2.75, 3.05) is 7.05 Å². The normalized spacial score (nSPS) is 11.5. The molecule has 0 radical (unpaired) electrons. The molecule has 0 unspecified atom stereocenters. The predicted octanol–water partition coefficient (Wildman–Crippen LogP) is 3.13. The lowest BCUT2D eigenvalue weighted by atomic mass is 10.2. The average molecular weight is 390 g/mol. The number of likely N-dealkylation sites (N-methyl/N-ethyl adjacent to an activating group) is 1. The van der Waals surface area contributed by atoms with Crippen LogP contribution in [0, 0.1) is 0 Å². The van der Waals surface area contributed by atoms with Crippen LogP contribution in [-0.2, 0) is 24.1 Å². The van der Waals surface area contributed by atoms with Gasteiger partial charge in [-0.05, 0) is 29.8 Å². The second kappa shape index (κ2) is 8.19. The van der Waals surface area contributed by atoms with Gasteiger partial charge >= 0.3 is 12.8 Å². The summed E-state index contributed by atoms with van der Waals surface area (Å²) in [6.45, 7) is -3.45. The summed E-state index contributed by atoms with van der Waals surface area (Å²) in [5.74, 6) is -0.637. The van der Waals surface area contributed by atoms with Gasteiger partial charge in [0.05, 0.1) is 0 Å². The maximum absolute atomic E-state index is 12.8. The molecule has 0 aliphatic carbocycles. The summed E-state index contributed by atoms with van der Waals surface area (Å²) < 4.78 is 67.4. The third-order valence-corrected chi connectivity index (χ3v) is 3.63. The SMILES string of the molecule is CN(Cc1ccc(OC(F)F)cc1)C(=O)Cn1cccc(C(F)(F)F)c1=O. The van der Waals surface area contributed by atoms with E-state index in [1.807, 2.05) is 0 Å². The Kier molecular flexibility index (Phi) is 6.19. The van der Waals surface area contributed by atoms with E-state index in [0.717, 1.165) is 12.3 Å². The second-order valence-corrected chi connectivity index (χ2v) is 5.62. The van der Waals surface area contributed by atoms with Gasteiger partial charge in [-0.3, -0.25) is 9.59 Å². The second-order valence-electron chi connectivity index (χ2n) is 5.62. The number of nitrogens with zero attached hydrogens (tertiary/aromatic N) is 2. The maximum atomic E-state index is 12.8. The van der Waals surface area contributed by atoms with Crippen LogP contribution in [0.25, 0.3) is 0 Å². The van der Waals surface area contributed by atoms with Gasteiger partial charge in [-0.2, -0.15) is 22.0 Å². The van der Waals surface area contributed by atoms with Crippen molar-refractivity contribution in [3.8, 4) is 5.75 Å². The van der Waals surface area contributed by atoms with E-state index in [0.29, 0.717) is 16.2 Å². The molecular formula is C17H15F5N2O3. The fraction of sp³-hybridized carbons (Fsp3) is 0.294. The molecule has 0 atom stereocenters. The molecule has 1 heterocycles. The maximum Gasteiger partial charge on any atom is 0.421 e. The number of rotatable bonds is 6. The van der Waals surface area contributed by atoms with Crippen LogP contribution >= 0.6 is 0 Å². The number of carbonyl (C=O) groups is 1. The van der Waals surface area contributed by atoms with Gasteiger partial charge in [-0.25, -0.2) is 0 Å². The number of aromatic nitrogens is 1. The smallest absolute Gasteiger partial charge is 0.421 e. The van der Waals surface area contributed by atoms with Gasteiger partial charge in [0.15, 0.2) is 0 Å². The van der Waals surface area contributed by atoms with Crippen LogP contribution in [-0.4, -0.2) is 29.0 Å². The zero-order valence-corrected chi connectivity index (χ0v) is 14.0. The summed E-state index contributed by atoms with van der Waals surface area (Å²) in [6.07, 6.45) is -3.71.